The van der Waals surface area contributed by atoms with Gasteiger partial charge in [0.1, 0.15) is 16.7 Å². The van der Waals surface area contributed by atoms with E-state index >= 15 is 0 Å². The molecule has 2 aliphatic heterocycles. The smallest absolute Gasteiger partial charge is 0.246 e. The van der Waals surface area contributed by atoms with Gasteiger partial charge in [-0.05, 0) is 18.6 Å². The number of likely N-dealkylation sites (tertiary alicyclic amines) is 1. The number of amides is 1. The van der Waals surface area contributed by atoms with E-state index in [-0.39, 0.29) is 22.9 Å². The topological polar surface area (TPSA) is 66.9 Å². The Morgan fingerprint density at radius 2 is 1.96 bits per heavy atom. The highest BCUT2D eigenvalue weighted by Crippen LogP contribution is 2.35. The van der Waals surface area contributed by atoms with Crippen LogP contribution in [0.15, 0.2) is 29.2 Å². The zero-order chi connectivity index (χ0) is 16.6. The van der Waals surface area contributed by atoms with E-state index in [1.165, 1.54) is 4.31 Å². The lowest BCUT2D eigenvalue weighted by molar-refractivity contribution is -0.130. The first kappa shape index (κ1) is 16.3. The highest BCUT2D eigenvalue weighted by atomic mass is 32.2. The third-order valence-corrected chi connectivity index (χ3v) is 6.64. The summed E-state index contributed by atoms with van der Waals surface area (Å²) >= 11 is 0. The number of ether oxygens (including phenoxy) is 1. The van der Waals surface area contributed by atoms with Crippen LogP contribution in [0, 0.1) is 0 Å². The van der Waals surface area contributed by atoms with Crippen LogP contribution < -0.4 is 4.74 Å². The maximum absolute atomic E-state index is 12.8. The van der Waals surface area contributed by atoms with Crippen LogP contribution in [0.2, 0.25) is 0 Å². The predicted octanol–water partition coefficient (Wildman–Crippen LogP) is 1.47. The maximum atomic E-state index is 12.8. The van der Waals surface area contributed by atoms with E-state index in [1.807, 2.05) is 11.8 Å². The molecule has 3 rings (SSSR count). The molecular weight excluding hydrogens is 316 g/mol. The number of rotatable bonds is 1. The summed E-state index contributed by atoms with van der Waals surface area (Å²) in [6.45, 7) is 3.01. The Bertz CT molecular complexity index is 704. The second-order valence-corrected chi connectivity index (χ2v) is 7.97. The largest absolute Gasteiger partial charge is 0.487 e. The van der Waals surface area contributed by atoms with Gasteiger partial charge in [0, 0.05) is 33.0 Å². The number of nitrogens with zero attached hydrogens (tertiary/aromatic N) is 2. The Kier molecular flexibility index (Phi) is 4.33. The average molecular weight is 338 g/mol. The van der Waals surface area contributed by atoms with E-state index in [4.69, 9.17) is 4.74 Å². The zero-order valence-electron chi connectivity index (χ0n) is 13.4. The molecule has 1 aromatic carbocycles. The van der Waals surface area contributed by atoms with Gasteiger partial charge in [0.25, 0.3) is 0 Å². The van der Waals surface area contributed by atoms with Gasteiger partial charge >= 0.3 is 0 Å². The second kappa shape index (κ2) is 6.13. The molecule has 6 nitrogen and oxygen atoms in total. The van der Waals surface area contributed by atoms with Crippen LogP contribution in [0.1, 0.15) is 26.2 Å². The molecule has 0 bridgehead atoms. The highest BCUT2D eigenvalue weighted by Gasteiger charge is 2.41. The molecule has 126 valence electrons. The van der Waals surface area contributed by atoms with Crippen LogP contribution in [-0.2, 0) is 14.8 Å². The molecule has 2 heterocycles. The molecule has 0 saturated carbocycles. The number of fused-ring (bicyclic) bond motifs is 2. The molecule has 0 spiro atoms. The van der Waals surface area contributed by atoms with Crippen molar-refractivity contribution >= 4 is 15.9 Å². The number of sulfonamides is 1. The fourth-order valence-electron chi connectivity index (χ4n) is 3.34. The van der Waals surface area contributed by atoms with Crippen molar-refractivity contribution in [3.8, 4) is 5.75 Å². The standard InChI is InChI=1S/C16H22N2O4S/c1-3-16(19)18-10-8-12-13(9-11-18)22-14-6-4-5-7-15(14)23(20,21)17(12)2/h4-7,12-13H,3,8-11H2,1-2H3/t12-,13-/m0/s1. The zero-order valence-corrected chi connectivity index (χ0v) is 14.3. The minimum Gasteiger partial charge on any atom is -0.487 e. The van der Waals surface area contributed by atoms with Gasteiger partial charge in [-0.2, -0.15) is 4.31 Å². The molecule has 0 N–H and O–H groups in total. The van der Waals surface area contributed by atoms with Gasteiger partial charge in [0.2, 0.25) is 15.9 Å². The maximum Gasteiger partial charge on any atom is 0.246 e. The Morgan fingerprint density at radius 3 is 2.70 bits per heavy atom. The van der Waals surface area contributed by atoms with Crippen molar-refractivity contribution in [3.05, 3.63) is 24.3 Å². The fraction of sp³-hybridized carbons (Fsp3) is 0.562. The molecule has 2 atom stereocenters. The fourth-order valence-corrected chi connectivity index (χ4v) is 4.87. The molecule has 0 radical (unpaired) electrons. The van der Waals surface area contributed by atoms with Gasteiger partial charge in [-0.3, -0.25) is 4.79 Å². The summed E-state index contributed by atoms with van der Waals surface area (Å²) in [5.41, 5.74) is 0. The normalized spacial score (nSPS) is 27.1. The quantitative estimate of drug-likeness (QED) is 0.778. The summed E-state index contributed by atoms with van der Waals surface area (Å²) < 4.78 is 33.1. The van der Waals surface area contributed by atoms with Gasteiger partial charge in [0.05, 0.1) is 6.04 Å². The molecule has 7 heteroatoms. The number of hydrogen-bond donors (Lipinski definition) is 0. The number of carbonyl (C=O) groups excluding carboxylic acids is 1. The molecule has 1 fully saturated rings. The third-order valence-electron chi connectivity index (χ3n) is 4.71. The van der Waals surface area contributed by atoms with E-state index in [0.29, 0.717) is 38.1 Å². The molecule has 0 aromatic heterocycles. The Hall–Kier alpha value is -1.60. The van der Waals surface area contributed by atoms with Crippen molar-refractivity contribution in [2.24, 2.45) is 0 Å². The summed E-state index contributed by atoms with van der Waals surface area (Å²) in [5, 5.41) is 0. The highest BCUT2D eigenvalue weighted by molar-refractivity contribution is 7.89. The molecule has 1 saturated heterocycles. The van der Waals surface area contributed by atoms with Crippen LogP contribution in [-0.4, -0.2) is 55.8 Å². The van der Waals surface area contributed by atoms with Crippen molar-refractivity contribution in [2.45, 2.75) is 43.2 Å². The summed E-state index contributed by atoms with van der Waals surface area (Å²) in [6, 6.07) is 6.50. The molecule has 0 unspecified atom stereocenters. The van der Waals surface area contributed by atoms with E-state index in [1.54, 1.807) is 31.3 Å². The van der Waals surface area contributed by atoms with Crippen LogP contribution in [0.5, 0.6) is 5.75 Å². The van der Waals surface area contributed by atoms with Crippen molar-refractivity contribution in [1.82, 2.24) is 9.21 Å². The number of para-hydroxylation sites is 1. The lowest BCUT2D eigenvalue weighted by atomic mass is 10.1. The van der Waals surface area contributed by atoms with Crippen molar-refractivity contribution in [3.63, 3.8) is 0 Å². The Labute approximate surface area is 137 Å². The average Bonchev–Trinajstić information content (AvgIpc) is 2.79. The molecular formula is C16H22N2O4S. The second-order valence-electron chi connectivity index (χ2n) is 6.00. The molecule has 0 aliphatic carbocycles. The Balaban J connectivity index is 1.95. The molecule has 23 heavy (non-hydrogen) atoms. The molecule has 2 aliphatic rings. The summed E-state index contributed by atoms with van der Waals surface area (Å²) in [6.07, 6.45) is 1.44. The predicted molar refractivity (Wildman–Crippen MR) is 85.7 cm³/mol. The van der Waals surface area contributed by atoms with Crippen LogP contribution in [0.3, 0.4) is 0 Å². The number of carbonyl (C=O) groups is 1. The van der Waals surface area contributed by atoms with Crippen LogP contribution in [0.4, 0.5) is 0 Å². The third kappa shape index (κ3) is 2.83. The van der Waals surface area contributed by atoms with Gasteiger partial charge in [-0.1, -0.05) is 19.1 Å². The first-order chi connectivity index (χ1) is 10.9. The van der Waals surface area contributed by atoms with E-state index in [9.17, 15) is 13.2 Å². The molecule has 1 amide bonds. The number of hydrogen-bond acceptors (Lipinski definition) is 4. The summed E-state index contributed by atoms with van der Waals surface area (Å²) in [5.74, 6) is 0.509. The first-order valence-corrected chi connectivity index (χ1v) is 9.40. The lowest BCUT2D eigenvalue weighted by Gasteiger charge is -2.28. The van der Waals surface area contributed by atoms with Gasteiger partial charge < -0.3 is 9.64 Å². The molecule has 1 aromatic rings. The minimum atomic E-state index is -3.58. The number of likely N-dealkylation sites (N-methyl/N-ethyl adjacent to an activating group) is 1. The van der Waals surface area contributed by atoms with E-state index in [0.717, 1.165) is 0 Å². The monoisotopic (exact) mass is 338 g/mol. The van der Waals surface area contributed by atoms with Gasteiger partial charge in [-0.25, -0.2) is 8.42 Å². The van der Waals surface area contributed by atoms with Gasteiger partial charge in [0.15, 0.2) is 0 Å². The van der Waals surface area contributed by atoms with Crippen molar-refractivity contribution in [1.29, 1.82) is 0 Å². The first-order valence-electron chi connectivity index (χ1n) is 7.96. The minimum absolute atomic E-state index is 0.104. The number of benzene rings is 1. The SMILES string of the molecule is CCC(=O)N1CC[C@@H]2Oc3ccccc3S(=O)(=O)N(C)[C@H]2CC1. The Morgan fingerprint density at radius 1 is 1.26 bits per heavy atom. The van der Waals surface area contributed by atoms with Crippen LogP contribution >= 0.6 is 0 Å². The summed E-state index contributed by atoms with van der Waals surface area (Å²) in [4.78, 5) is 14.0. The van der Waals surface area contributed by atoms with Crippen molar-refractivity contribution < 1.29 is 17.9 Å². The van der Waals surface area contributed by atoms with E-state index < -0.39 is 10.0 Å². The van der Waals surface area contributed by atoms with Crippen LogP contribution in [0.25, 0.3) is 0 Å². The lowest BCUT2D eigenvalue weighted by Crippen LogP contribution is -2.44. The van der Waals surface area contributed by atoms with Gasteiger partial charge in [-0.15, -0.1) is 0 Å². The van der Waals surface area contributed by atoms with Crippen molar-refractivity contribution in [2.75, 3.05) is 20.1 Å². The summed E-state index contributed by atoms with van der Waals surface area (Å²) in [7, 11) is -1.98. The van der Waals surface area contributed by atoms with E-state index in [2.05, 4.69) is 0 Å².